The van der Waals surface area contributed by atoms with Gasteiger partial charge in [-0.25, -0.2) is 0 Å². The van der Waals surface area contributed by atoms with Crippen molar-refractivity contribution in [1.29, 1.82) is 0 Å². The molecule has 2 fully saturated rings. The summed E-state index contributed by atoms with van der Waals surface area (Å²) in [6, 6.07) is 1.78. The second-order valence-electron chi connectivity index (χ2n) is 7.32. The van der Waals surface area contributed by atoms with Crippen LogP contribution in [0.1, 0.15) is 34.7 Å². The van der Waals surface area contributed by atoms with Crippen LogP contribution in [0.5, 0.6) is 0 Å². The van der Waals surface area contributed by atoms with Crippen molar-refractivity contribution < 1.29 is 23.6 Å². The zero-order chi connectivity index (χ0) is 18.5. The minimum atomic E-state index is -0.124. The first kappa shape index (κ1) is 18.9. The SMILES string of the molecule is Cc1cc(C(=O)N2CCC[C@@H](C(=O)NCC[NH+]3CCOCC3)C2)c(C)o1. The van der Waals surface area contributed by atoms with Gasteiger partial charge < -0.3 is 24.3 Å². The molecule has 7 nitrogen and oxygen atoms in total. The molecule has 1 aromatic rings. The molecule has 2 aliphatic heterocycles. The van der Waals surface area contributed by atoms with Gasteiger partial charge in [-0.2, -0.15) is 0 Å². The summed E-state index contributed by atoms with van der Waals surface area (Å²) in [5.74, 6) is 1.29. The molecule has 0 radical (unpaired) electrons. The first-order chi connectivity index (χ1) is 12.5. The fraction of sp³-hybridized carbons (Fsp3) is 0.684. The molecule has 26 heavy (non-hydrogen) atoms. The molecule has 0 spiro atoms. The summed E-state index contributed by atoms with van der Waals surface area (Å²) in [4.78, 5) is 28.5. The van der Waals surface area contributed by atoms with E-state index in [0.717, 1.165) is 51.4 Å². The van der Waals surface area contributed by atoms with Gasteiger partial charge in [0.05, 0.1) is 37.8 Å². The number of piperidine rings is 1. The quantitative estimate of drug-likeness (QED) is 0.757. The number of carbonyl (C=O) groups is 2. The number of carbonyl (C=O) groups excluding carboxylic acids is 2. The van der Waals surface area contributed by atoms with Gasteiger partial charge in [0.2, 0.25) is 5.91 Å². The Morgan fingerprint density at radius 1 is 1.31 bits per heavy atom. The van der Waals surface area contributed by atoms with Gasteiger partial charge in [-0.1, -0.05) is 0 Å². The smallest absolute Gasteiger partial charge is 0.257 e. The molecule has 2 N–H and O–H groups in total. The molecule has 0 aliphatic carbocycles. The maximum absolute atomic E-state index is 12.7. The monoisotopic (exact) mass is 364 g/mol. The van der Waals surface area contributed by atoms with Crippen molar-refractivity contribution in [2.75, 3.05) is 52.5 Å². The van der Waals surface area contributed by atoms with Crippen molar-refractivity contribution in [1.82, 2.24) is 10.2 Å². The van der Waals surface area contributed by atoms with E-state index in [-0.39, 0.29) is 17.7 Å². The average molecular weight is 364 g/mol. The lowest BCUT2D eigenvalue weighted by atomic mass is 9.96. The minimum absolute atomic E-state index is 0.0328. The van der Waals surface area contributed by atoms with E-state index in [9.17, 15) is 9.59 Å². The molecular formula is C19H30N3O4+. The van der Waals surface area contributed by atoms with Gasteiger partial charge in [0.15, 0.2) is 0 Å². The summed E-state index contributed by atoms with van der Waals surface area (Å²) in [5.41, 5.74) is 0.611. The zero-order valence-corrected chi connectivity index (χ0v) is 15.8. The predicted octanol–water partition coefficient (Wildman–Crippen LogP) is -0.220. The summed E-state index contributed by atoms with van der Waals surface area (Å²) in [7, 11) is 0. The molecule has 0 aromatic carbocycles. The second kappa shape index (κ2) is 8.68. The van der Waals surface area contributed by atoms with Crippen LogP contribution in [0.2, 0.25) is 0 Å². The molecule has 1 aromatic heterocycles. The highest BCUT2D eigenvalue weighted by Crippen LogP contribution is 2.21. The van der Waals surface area contributed by atoms with Crippen LogP contribution in [0.25, 0.3) is 0 Å². The highest BCUT2D eigenvalue weighted by atomic mass is 16.5. The molecule has 3 rings (SSSR count). The number of aryl methyl sites for hydroxylation is 2. The number of nitrogens with one attached hydrogen (secondary N) is 2. The van der Waals surface area contributed by atoms with Crippen LogP contribution in [-0.4, -0.2) is 69.2 Å². The van der Waals surface area contributed by atoms with E-state index in [1.54, 1.807) is 11.0 Å². The number of quaternary nitrogens is 1. The Morgan fingerprint density at radius 3 is 2.77 bits per heavy atom. The van der Waals surface area contributed by atoms with Crippen molar-refractivity contribution in [2.45, 2.75) is 26.7 Å². The van der Waals surface area contributed by atoms with Gasteiger partial charge in [0.1, 0.15) is 24.6 Å². The lowest BCUT2D eigenvalue weighted by Crippen LogP contribution is -3.14. The lowest BCUT2D eigenvalue weighted by Gasteiger charge is -2.32. The first-order valence-electron chi connectivity index (χ1n) is 9.60. The number of rotatable bonds is 5. The average Bonchev–Trinajstić information content (AvgIpc) is 3.00. The highest BCUT2D eigenvalue weighted by Gasteiger charge is 2.30. The van der Waals surface area contributed by atoms with Crippen LogP contribution in [-0.2, 0) is 9.53 Å². The Labute approximate surface area is 154 Å². The van der Waals surface area contributed by atoms with Crippen LogP contribution in [0, 0.1) is 19.8 Å². The molecule has 7 heteroatoms. The fourth-order valence-corrected chi connectivity index (χ4v) is 3.81. The van der Waals surface area contributed by atoms with E-state index in [0.29, 0.717) is 31.0 Å². The predicted molar refractivity (Wildman–Crippen MR) is 96.2 cm³/mol. The van der Waals surface area contributed by atoms with Gasteiger partial charge >= 0.3 is 0 Å². The largest absolute Gasteiger partial charge is 0.466 e. The Morgan fingerprint density at radius 2 is 2.08 bits per heavy atom. The number of furan rings is 1. The van der Waals surface area contributed by atoms with Gasteiger partial charge in [-0.15, -0.1) is 0 Å². The summed E-state index contributed by atoms with van der Waals surface area (Å²) < 4.78 is 10.8. The third-order valence-electron chi connectivity index (χ3n) is 5.33. The van der Waals surface area contributed by atoms with Crippen molar-refractivity contribution in [3.05, 3.63) is 23.2 Å². The Kier molecular flexibility index (Phi) is 6.32. The Balaban J connectivity index is 1.48. The van der Waals surface area contributed by atoms with E-state index in [1.807, 2.05) is 13.8 Å². The molecule has 2 aliphatic rings. The fourth-order valence-electron chi connectivity index (χ4n) is 3.81. The van der Waals surface area contributed by atoms with Crippen LogP contribution in [0.4, 0.5) is 0 Å². The van der Waals surface area contributed by atoms with E-state index in [1.165, 1.54) is 4.90 Å². The van der Waals surface area contributed by atoms with E-state index < -0.39 is 0 Å². The topological polar surface area (TPSA) is 76.2 Å². The van der Waals surface area contributed by atoms with Crippen molar-refractivity contribution >= 4 is 11.8 Å². The molecule has 1 atom stereocenters. The number of ether oxygens (including phenoxy) is 1. The zero-order valence-electron chi connectivity index (χ0n) is 15.8. The Bertz CT molecular complexity index is 637. The van der Waals surface area contributed by atoms with Crippen LogP contribution in [0.15, 0.2) is 10.5 Å². The molecule has 0 unspecified atom stereocenters. The summed E-state index contributed by atoms with van der Waals surface area (Å²) >= 11 is 0. The van der Waals surface area contributed by atoms with Gasteiger partial charge in [-0.3, -0.25) is 9.59 Å². The van der Waals surface area contributed by atoms with Crippen LogP contribution in [0.3, 0.4) is 0 Å². The molecule has 0 saturated carbocycles. The highest BCUT2D eigenvalue weighted by molar-refractivity contribution is 5.95. The molecule has 2 amide bonds. The number of likely N-dealkylation sites (tertiary alicyclic amines) is 1. The second-order valence-corrected chi connectivity index (χ2v) is 7.32. The Hall–Kier alpha value is -1.86. The molecule has 2 saturated heterocycles. The molecule has 3 heterocycles. The molecule has 0 bridgehead atoms. The molecule has 144 valence electrons. The number of nitrogens with zero attached hydrogens (tertiary/aromatic N) is 1. The van der Waals surface area contributed by atoms with Gasteiger partial charge in [0, 0.05) is 13.1 Å². The molecular weight excluding hydrogens is 334 g/mol. The third kappa shape index (κ3) is 4.65. The minimum Gasteiger partial charge on any atom is -0.466 e. The van der Waals surface area contributed by atoms with Crippen LogP contribution >= 0.6 is 0 Å². The number of hydrogen-bond acceptors (Lipinski definition) is 4. The standard InChI is InChI=1S/C19H29N3O4/c1-14-12-17(15(2)26-14)19(24)22-6-3-4-16(13-22)18(23)20-5-7-21-8-10-25-11-9-21/h12,16H,3-11,13H2,1-2H3,(H,20,23)/p+1/t16-/m1/s1. The number of hydrogen-bond donors (Lipinski definition) is 2. The van der Waals surface area contributed by atoms with Gasteiger partial charge in [0.25, 0.3) is 5.91 Å². The third-order valence-corrected chi connectivity index (χ3v) is 5.33. The van der Waals surface area contributed by atoms with E-state index in [2.05, 4.69) is 5.32 Å². The summed E-state index contributed by atoms with van der Waals surface area (Å²) in [5, 5.41) is 3.06. The number of amides is 2. The maximum Gasteiger partial charge on any atom is 0.257 e. The lowest BCUT2D eigenvalue weighted by molar-refractivity contribution is -0.906. The number of morpholine rings is 1. The van der Waals surface area contributed by atoms with Crippen molar-refractivity contribution in [3.63, 3.8) is 0 Å². The van der Waals surface area contributed by atoms with E-state index in [4.69, 9.17) is 9.15 Å². The summed E-state index contributed by atoms with van der Waals surface area (Å²) in [6.45, 7) is 10.1. The van der Waals surface area contributed by atoms with Crippen LogP contribution < -0.4 is 10.2 Å². The normalized spacial score (nSPS) is 21.6. The van der Waals surface area contributed by atoms with Crippen molar-refractivity contribution in [2.24, 2.45) is 5.92 Å². The van der Waals surface area contributed by atoms with E-state index >= 15 is 0 Å². The van der Waals surface area contributed by atoms with Gasteiger partial charge in [-0.05, 0) is 32.8 Å². The maximum atomic E-state index is 12.7. The van der Waals surface area contributed by atoms with Crippen molar-refractivity contribution in [3.8, 4) is 0 Å². The summed E-state index contributed by atoms with van der Waals surface area (Å²) in [6.07, 6.45) is 1.69. The first-order valence-corrected chi connectivity index (χ1v) is 9.60.